The molecule has 0 spiro atoms. The van der Waals surface area contributed by atoms with Gasteiger partial charge in [0.1, 0.15) is 6.54 Å². The maximum atomic E-state index is 13.1. The van der Waals surface area contributed by atoms with E-state index in [9.17, 15) is 9.59 Å². The zero-order valence-corrected chi connectivity index (χ0v) is 21.3. The molecule has 0 unspecified atom stereocenters. The third kappa shape index (κ3) is 4.45. The summed E-state index contributed by atoms with van der Waals surface area (Å²) < 4.78 is 7.59. The number of carbonyl (C=O) groups is 2. The molecule has 2 aromatic heterocycles. The molecule has 8 heteroatoms. The average Bonchev–Trinajstić information content (AvgIpc) is 3.12. The Labute approximate surface area is 215 Å². The van der Waals surface area contributed by atoms with E-state index in [2.05, 4.69) is 27.5 Å². The van der Waals surface area contributed by atoms with Crippen molar-refractivity contribution in [2.45, 2.75) is 32.9 Å². The number of nitrogens with one attached hydrogen (secondary N) is 1. The number of pyridine rings is 1. The van der Waals surface area contributed by atoms with Crippen LogP contribution in [0.3, 0.4) is 0 Å². The number of halogens is 1. The molecular weight excluding hydrogens is 476 g/mol. The average molecular weight is 505 g/mol. The van der Waals surface area contributed by atoms with Crippen molar-refractivity contribution in [3.8, 4) is 11.1 Å². The maximum absolute atomic E-state index is 13.1. The first kappa shape index (κ1) is 24.3. The number of hydrogen-bond acceptors (Lipinski definition) is 4. The fourth-order valence-electron chi connectivity index (χ4n) is 5.26. The summed E-state index contributed by atoms with van der Waals surface area (Å²) in [7, 11) is 0. The molecular formula is C28H29ClN4O3. The molecule has 2 aliphatic rings. The molecule has 5 rings (SSSR count). The molecule has 0 bridgehead atoms. The van der Waals surface area contributed by atoms with Gasteiger partial charge < -0.3 is 19.5 Å². The Bertz CT molecular complexity index is 1400. The van der Waals surface area contributed by atoms with Gasteiger partial charge in [-0.05, 0) is 61.2 Å². The highest BCUT2D eigenvalue weighted by Gasteiger charge is 2.31. The van der Waals surface area contributed by atoms with E-state index in [1.54, 1.807) is 4.90 Å². The normalized spacial score (nSPS) is 16.0. The first-order valence-electron chi connectivity index (χ1n) is 12.1. The minimum absolute atomic E-state index is 0.0519. The number of likely N-dealkylation sites (tertiary alicyclic amines) is 1. The van der Waals surface area contributed by atoms with Crippen LogP contribution in [0.25, 0.3) is 27.6 Å². The SMILES string of the molecule is C=CC(=O)N1CC(NC(=O)Cn2c(C)c(-c3cnccc3C3=CCOCC3)c3cc(Cl)cc(C)c32)C1. The number of hydrogen-bond donors (Lipinski definition) is 1. The van der Waals surface area contributed by atoms with E-state index in [0.29, 0.717) is 31.3 Å². The smallest absolute Gasteiger partial charge is 0.246 e. The van der Waals surface area contributed by atoms with Crippen LogP contribution in [0.5, 0.6) is 0 Å². The summed E-state index contributed by atoms with van der Waals surface area (Å²) >= 11 is 6.51. The predicted octanol–water partition coefficient (Wildman–Crippen LogP) is 4.29. The topological polar surface area (TPSA) is 76.5 Å². The molecule has 7 nitrogen and oxygen atoms in total. The lowest BCUT2D eigenvalue weighted by molar-refractivity contribution is -0.133. The number of fused-ring (bicyclic) bond motifs is 1. The first-order chi connectivity index (χ1) is 17.4. The largest absolute Gasteiger partial charge is 0.377 e. The van der Waals surface area contributed by atoms with Crippen molar-refractivity contribution < 1.29 is 14.3 Å². The van der Waals surface area contributed by atoms with Crippen LogP contribution in [-0.2, 0) is 20.9 Å². The molecule has 2 aliphatic heterocycles. The van der Waals surface area contributed by atoms with E-state index in [-0.39, 0.29) is 24.4 Å². The Morgan fingerprint density at radius 1 is 1.28 bits per heavy atom. The van der Waals surface area contributed by atoms with Crippen molar-refractivity contribution in [3.05, 3.63) is 71.2 Å². The molecule has 0 atom stereocenters. The molecule has 0 radical (unpaired) electrons. The number of aryl methyl sites for hydroxylation is 1. The van der Waals surface area contributed by atoms with Crippen LogP contribution >= 0.6 is 11.6 Å². The molecule has 1 saturated heterocycles. The van der Waals surface area contributed by atoms with Gasteiger partial charge in [0, 0.05) is 52.7 Å². The van der Waals surface area contributed by atoms with Crippen molar-refractivity contribution in [2.75, 3.05) is 26.3 Å². The van der Waals surface area contributed by atoms with E-state index in [0.717, 1.165) is 45.3 Å². The summed E-state index contributed by atoms with van der Waals surface area (Å²) in [5.74, 6) is -0.207. The number of nitrogens with zero attached hydrogens (tertiary/aromatic N) is 3. The summed E-state index contributed by atoms with van der Waals surface area (Å²) in [6, 6.07) is 5.90. The van der Waals surface area contributed by atoms with Gasteiger partial charge in [-0.2, -0.15) is 0 Å². The highest BCUT2D eigenvalue weighted by Crippen LogP contribution is 2.41. The predicted molar refractivity (Wildman–Crippen MR) is 142 cm³/mol. The minimum Gasteiger partial charge on any atom is -0.377 e. The number of carbonyl (C=O) groups excluding carboxylic acids is 2. The van der Waals surface area contributed by atoms with Crippen LogP contribution in [0.15, 0.2) is 49.3 Å². The molecule has 2 amide bonds. The van der Waals surface area contributed by atoms with Gasteiger partial charge in [0.15, 0.2) is 0 Å². The molecule has 186 valence electrons. The highest BCUT2D eigenvalue weighted by molar-refractivity contribution is 6.31. The fourth-order valence-corrected chi connectivity index (χ4v) is 5.53. The maximum Gasteiger partial charge on any atom is 0.246 e. The van der Waals surface area contributed by atoms with E-state index in [4.69, 9.17) is 16.3 Å². The third-order valence-electron chi connectivity index (χ3n) is 7.01. The van der Waals surface area contributed by atoms with Crippen molar-refractivity contribution in [2.24, 2.45) is 0 Å². The lowest BCUT2D eigenvalue weighted by atomic mass is 9.92. The highest BCUT2D eigenvalue weighted by atomic mass is 35.5. The molecule has 36 heavy (non-hydrogen) atoms. The molecule has 1 aromatic carbocycles. The van der Waals surface area contributed by atoms with Gasteiger partial charge in [-0.1, -0.05) is 24.3 Å². The summed E-state index contributed by atoms with van der Waals surface area (Å²) in [6.07, 6.45) is 7.97. The van der Waals surface area contributed by atoms with Crippen LogP contribution in [0, 0.1) is 13.8 Å². The van der Waals surface area contributed by atoms with Gasteiger partial charge in [-0.25, -0.2) is 0 Å². The second-order valence-corrected chi connectivity index (χ2v) is 9.79. The lowest BCUT2D eigenvalue weighted by Crippen LogP contribution is -2.61. The molecule has 0 saturated carbocycles. The van der Waals surface area contributed by atoms with E-state index in [1.165, 1.54) is 11.6 Å². The molecule has 3 aromatic rings. The van der Waals surface area contributed by atoms with Crippen LogP contribution in [0.1, 0.15) is 23.2 Å². The Morgan fingerprint density at radius 2 is 2.08 bits per heavy atom. The summed E-state index contributed by atoms with van der Waals surface area (Å²) in [5.41, 5.74) is 7.37. The quantitative estimate of drug-likeness (QED) is 0.508. The standard InChI is InChI=1S/C28H29ClN4O3/c1-4-26(35)32-14-21(15-32)31-25(34)16-33-18(3)27(23-12-20(29)11-17(2)28(23)33)24-13-30-8-5-22(24)19-6-9-36-10-7-19/h4-6,8,11-13,21H,1,7,9-10,14-16H2,2-3H3,(H,31,34). The Morgan fingerprint density at radius 3 is 2.81 bits per heavy atom. The van der Waals surface area contributed by atoms with Crippen molar-refractivity contribution >= 4 is 39.9 Å². The van der Waals surface area contributed by atoms with Crippen LogP contribution in [0.4, 0.5) is 0 Å². The fraction of sp³-hybridized carbons (Fsp3) is 0.321. The van der Waals surface area contributed by atoms with E-state index < -0.39 is 0 Å². The Kier molecular flexibility index (Phi) is 6.69. The summed E-state index contributed by atoms with van der Waals surface area (Å²) in [6.45, 7) is 10.0. The van der Waals surface area contributed by atoms with Gasteiger partial charge in [-0.15, -0.1) is 0 Å². The molecule has 1 fully saturated rings. The second kappa shape index (κ2) is 9.91. The van der Waals surface area contributed by atoms with Crippen molar-refractivity contribution in [3.63, 3.8) is 0 Å². The third-order valence-corrected chi connectivity index (χ3v) is 7.22. The number of rotatable bonds is 6. The van der Waals surface area contributed by atoms with Crippen molar-refractivity contribution in [1.82, 2.24) is 19.8 Å². The van der Waals surface area contributed by atoms with Gasteiger partial charge in [-0.3, -0.25) is 14.6 Å². The molecule has 0 aliphatic carbocycles. The number of amides is 2. The van der Waals surface area contributed by atoms with E-state index >= 15 is 0 Å². The van der Waals surface area contributed by atoms with Gasteiger partial charge in [0.25, 0.3) is 0 Å². The Hall–Kier alpha value is -3.42. The second-order valence-electron chi connectivity index (χ2n) is 9.35. The van der Waals surface area contributed by atoms with Crippen molar-refractivity contribution in [1.29, 1.82) is 0 Å². The zero-order chi connectivity index (χ0) is 25.4. The number of aromatic nitrogens is 2. The zero-order valence-electron chi connectivity index (χ0n) is 20.5. The van der Waals surface area contributed by atoms with Crippen LogP contribution in [-0.4, -0.2) is 58.6 Å². The summed E-state index contributed by atoms with van der Waals surface area (Å²) in [4.78, 5) is 30.9. The van der Waals surface area contributed by atoms with Crippen LogP contribution in [0.2, 0.25) is 5.02 Å². The summed E-state index contributed by atoms with van der Waals surface area (Å²) in [5, 5.41) is 4.71. The van der Waals surface area contributed by atoms with Gasteiger partial charge in [0.2, 0.25) is 11.8 Å². The molecule has 1 N–H and O–H groups in total. The number of ether oxygens (including phenoxy) is 1. The lowest BCUT2D eigenvalue weighted by Gasteiger charge is -2.38. The Balaban J connectivity index is 1.53. The van der Waals surface area contributed by atoms with Gasteiger partial charge >= 0.3 is 0 Å². The number of benzene rings is 1. The first-order valence-corrected chi connectivity index (χ1v) is 12.5. The minimum atomic E-state index is -0.114. The molecule has 4 heterocycles. The van der Waals surface area contributed by atoms with E-state index in [1.807, 2.05) is 44.4 Å². The van der Waals surface area contributed by atoms with Gasteiger partial charge in [0.05, 0.1) is 24.8 Å². The monoisotopic (exact) mass is 504 g/mol. The van der Waals surface area contributed by atoms with Crippen LogP contribution < -0.4 is 5.32 Å².